The number of alkyl carbamates (subject to hydrolysis) is 1. The first-order chi connectivity index (χ1) is 27.5. The van der Waals surface area contributed by atoms with Crippen LogP contribution in [0.3, 0.4) is 0 Å². The molecule has 0 bridgehead atoms. The molecular formula is C40H44FN5O10S2. The van der Waals surface area contributed by atoms with Crippen LogP contribution in [0.2, 0.25) is 0 Å². The second kappa shape index (κ2) is 14.9. The molecule has 2 aliphatic heterocycles. The molecule has 4 heterocycles. The number of rotatable bonds is 6. The van der Waals surface area contributed by atoms with Gasteiger partial charge < -0.3 is 29.4 Å². The number of furan rings is 1. The zero-order valence-corrected chi connectivity index (χ0v) is 33.8. The number of hydrogen-bond acceptors (Lipinski definition) is 11. The summed E-state index contributed by atoms with van der Waals surface area (Å²) in [4.78, 5) is 62.0. The largest absolute Gasteiger partial charge is 0.484 e. The minimum absolute atomic E-state index is 0.106. The lowest BCUT2D eigenvalue weighted by molar-refractivity contribution is -0.140. The second-order valence-electron chi connectivity index (χ2n) is 16.4. The van der Waals surface area contributed by atoms with Gasteiger partial charge in [0, 0.05) is 39.7 Å². The molecule has 4 aliphatic rings. The molecule has 0 radical (unpaired) electrons. The summed E-state index contributed by atoms with van der Waals surface area (Å²) >= 11 is 0. The van der Waals surface area contributed by atoms with Crippen LogP contribution >= 0.6 is 0 Å². The summed E-state index contributed by atoms with van der Waals surface area (Å²) in [5.41, 5.74) is -0.964. The number of nitrogens with one attached hydrogen (secondary N) is 3. The molecule has 58 heavy (non-hydrogen) atoms. The zero-order valence-electron chi connectivity index (χ0n) is 32.1. The topological polar surface area (TPSA) is 203 Å². The molecule has 1 unspecified atom stereocenters. The van der Waals surface area contributed by atoms with E-state index < -0.39 is 91.0 Å². The summed E-state index contributed by atoms with van der Waals surface area (Å²) in [6.45, 7) is 4.73. The first kappa shape index (κ1) is 39.7. The lowest BCUT2D eigenvalue weighted by atomic mass is 10.1. The van der Waals surface area contributed by atoms with E-state index in [0.717, 1.165) is 0 Å². The number of carbonyl (C=O) groups is 4. The molecule has 4 amide bonds. The monoisotopic (exact) mass is 837 g/mol. The van der Waals surface area contributed by atoms with Gasteiger partial charge in [-0.3, -0.25) is 23.3 Å². The first-order valence-corrected chi connectivity index (χ1v) is 22.3. The number of allylic oxidation sites excluding steroid dienone is 1. The molecule has 308 valence electrons. The van der Waals surface area contributed by atoms with Crippen LogP contribution in [0, 0.1) is 11.7 Å². The second-order valence-corrected chi connectivity index (χ2v) is 20.0. The lowest BCUT2D eigenvalue weighted by Crippen LogP contribution is -2.59. The number of nitrogens with zero attached hydrogens (tertiary/aromatic N) is 2. The number of pyridine rings is 1. The third-order valence-corrected chi connectivity index (χ3v) is 14.0. The Bertz CT molecular complexity index is 2520. The van der Waals surface area contributed by atoms with E-state index in [-0.39, 0.29) is 47.6 Å². The highest BCUT2D eigenvalue weighted by Gasteiger charge is 2.62. The quantitative estimate of drug-likeness (QED) is 0.236. The number of aromatic nitrogens is 1. The van der Waals surface area contributed by atoms with Gasteiger partial charge in [-0.15, -0.1) is 0 Å². The highest BCUT2D eigenvalue weighted by molar-refractivity contribution is 7.91. The summed E-state index contributed by atoms with van der Waals surface area (Å²) in [5, 5.41) is 5.66. The Kier molecular flexibility index (Phi) is 10.2. The average molecular weight is 838 g/mol. The number of carbonyl (C=O) groups excluding carboxylic acids is 4. The fraction of sp³-hybridized carbons (Fsp3) is 0.475. The van der Waals surface area contributed by atoms with Crippen molar-refractivity contribution in [3.05, 3.63) is 60.4 Å². The maximum atomic E-state index is 14.8. The number of para-hydroxylation sites is 1. The molecule has 6 atom stereocenters. The van der Waals surface area contributed by atoms with Crippen molar-refractivity contribution in [1.82, 2.24) is 25.2 Å². The summed E-state index contributed by atoms with van der Waals surface area (Å²) in [6, 6.07) is 8.53. The van der Waals surface area contributed by atoms with Crippen molar-refractivity contribution in [2.75, 3.05) is 18.1 Å². The SMILES string of the molecule is CC(C)(C)OC(=O)N[C@H]1CS(=O)CCC/C=C\[C@H]2C[C@@]2(C(=O)NS(=O)(=O)C2CC2)NC(=O)[C@@H]2C[C@@H](Oc3c4cc(F)ccc4nc4c3oc3ccccc34)CN2C1=O. The molecule has 2 aromatic heterocycles. The maximum absolute atomic E-state index is 14.8. The Morgan fingerprint density at radius 3 is 2.66 bits per heavy atom. The molecule has 2 aromatic carbocycles. The van der Waals surface area contributed by atoms with Gasteiger partial charge >= 0.3 is 6.09 Å². The van der Waals surface area contributed by atoms with E-state index in [9.17, 15) is 36.2 Å². The normalized spacial score (nSPS) is 27.5. The number of halogens is 1. The number of fused-ring (bicyclic) bond motifs is 6. The van der Waals surface area contributed by atoms with Crippen LogP contribution in [0.5, 0.6) is 5.75 Å². The summed E-state index contributed by atoms with van der Waals surface area (Å²) in [7, 11) is -5.57. The number of ether oxygens (including phenoxy) is 2. The Labute approximate surface area is 335 Å². The van der Waals surface area contributed by atoms with Crippen molar-refractivity contribution < 1.29 is 50.1 Å². The third kappa shape index (κ3) is 8.00. The minimum atomic E-state index is -3.97. The van der Waals surface area contributed by atoms with Gasteiger partial charge in [-0.2, -0.15) is 0 Å². The number of sulfonamides is 1. The smallest absolute Gasteiger partial charge is 0.408 e. The van der Waals surface area contributed by atoms with E-state index in [4.69, 9.17) is 18.9 Å². The van der Waals surface area contributed by atoms with Gasteiger partial charge in [0.15, 0.2) is 11.3 Å². The van der Waals surface area contributed by atoms with Gasteiger partial charge in [0.1, 0.15) is 46.2 Å². The molecule has 2 saturated carbocycles. The Morgan fingerprint density at radius 2 is 1.90 bits per heavy atom. The van der Waals surface area contributed by atoms with E-state index in [1.165, 1.54) is 23.1 Å². The Morgan fingerprint density at radius 1 is 1.12 bits per heavy atom. The molecule has 15 nitrogen and oxygen atoms in total. The third-order valence-electron chi connectivity index (χ3n) is 10.8. The van der Waals surface area contributed by atoms with Crippen LogP contribution in [0.25, 0.3) is 33.0 Å². The van der Waals surface area contributed by atoms with Crippen molar-refractivity contribution in [1.29, 1.82) is 0 Å². The minimum Gasteiger partial charge on any atom is -0.484 e. The molecule has 3 N–H and O–H groups in total. The average Bonchev–Trinajstić information content (AvgIpc) is 4.05. The van der Waals surface area contributed by atoms with Crippen LogP contribution in [0.15, 0.2) is 59.0 Å². The van der Waals surface area contributed by atoms with Crippen molar-refractivity contribution in [2.24, 2.45) is 5.92 Å². The van der Waals surface area contributed by atoms with Crippen LogP contribution in [0.4, 0.5) is 9.18 Å². The predicted molar refractivity (Wildman–Crippen MR) is 212 cm³/mol. The van der Waals surface area contributed by atoms with E-state index >= 15 is 0 Å². The summed E-state index contributed by atoms with van der Waals surface area (Å²) in [5.74, 6) is -3.47. The Balaban J connectivity index is 1.17. The van der Waals surface area contributed by atoms with E-state index in [1.807, 2.05) is 12.1 Å². The van der Waals surface area contributed by atoms with Gasteiger partial charge in [-0.05, 0) is 83.2 Å². The standard InChI is InChI=1S/C40H44FN5O10S2/c1-39(2,3)56-38(50)43-29-21-57(51)16-8-4-5-9-22-19-40(22,37(49)45-58(52,53)25-13-14-25)44-35(47)30-18-24(20-46(30)36(29)48)54-33-27-17-23(41)12-15-28(27)42-32-26-10-6-7-11-31(26)55-34(32)33/h5-7,9-12,15,17,22,24-25,29-30H,4,8,13-14,16,18-21H2,1-3H3,(H,43,50)(H,44,47)(H,45,49)/b9-5-/t22-,24+,29-,30-,40+,57?/m0/s1. The molecule has 8 rings (SSSR count). The van der Waals surface area contributed by atoms with Crippen molar-refractivity contribution in [3.8, 4) is 5.75 Å². The molecule has 0 spiro atoms. The number of amides is 4. The first-order valence-electron chi connectivity index (χ1n) is 19.3. The van der Waals surface area contributed by atoms with Gasteiger partial charge in [-0.25, -0.2) is 22.6 Å². The summed E-state index contributed by atoms with van der Waals surface area (Å²) in [6.07, 6.45) is 3.40. The van der Waals surface area contributed by atoms with Crippen LogP contribution in [-0.4, -0.2) is 99.0 Å². The highest BCUT2D eigenvalue weighted by atomic mass is 32.2. The van der Waals surface area contributed by atoms with Gasteiger partial charge in [0.05, 0.1) is 23.1 Å². The maximum Gasteiger partial charge on any atom is 0.408 e. The highest BCUT2D eigenvalue weighted by Crippen LogP contribution is 2.46. The number of benzene rings is 2. The van der Waals surface area contributed by atoms with Crippen LogP contribution < -0.4 is 20.1 Å². The fourth-order valence-corrected chi connectivity index (χ4v) is 10.3. The van der Waals surface area contributed by atoms with Crippen LogP contribution in [-0.2, 0) is 39.9 Å². The van der Waals surface area contributed by atoms with Crippen molar-refractivity contribution in [2.45, 2.75) is 93.9 Å². The van der Waals surface area contributed by atoms with E-state index in [1.54, 1.807) is 45.1 Å². The predicted octanol–water partition coefficient (Wildman–Crippen LogP) is 4.10. The van der Waals surface area contributed by atoms with Crippen molar-refractivity contribution >= 4 is 77.6 Å². The van der Waals surface area contributed by atoms with E-state index in [2.05, 4.69) is 15.4 Å². The number of hydrogen-bond donors (Lipinski definition) is 3. The van der Waals surface area contributed by atoms with Gasteiger partial charge in [-0.1, -0.05) is 24.3 Å². The van der Waals surface area contributed by atoms with Crippen molar-refractivity contribution in [3.63, 3.8) is 0 Å². The van der Waals surface area contributed by atoms with Gasteiger partial charge in [0.25, 0.3) is 5.91 Å². The van der Waals surface area contributed by atoms with Crippen LogP contribution in [0.1, 0.15) is 59.3 Å². The van der Waals surface area contributed by atoms with E-state index in [0.29, 0.717) is 47.7 Å². The Hall–Kier alpha value is -5.10. The molecular weight excluding hydrogens is 794 g/mol. The fourth-order valence-electron chi connectivity index (χ4n) is 7.67. The van der Waals surface area contributed by atoms with Gasteiger partial charge in [0.2, 0.25) is 21.8 Å². The lowest BCUT2D eigenvalue weighted by Gasteiger charge is -2.30. The summed E-state index contributed by atoms with van der Waals surface area (Å²) < 4.78 is 74.5. The molecule has 4 aromatic rings. The molecule has 3 fully saturated rings. The molecule has 1 saturated heterocycles. The zero-order chi connectivity index (χ0) is 41.1. The molecule has 2 aliphatic carbocycles. The molecule has 18 heteroatoms.